The molecule has 0 saturated carbocycles. The second kappa shape index (κ2) is 18.3. The first-order valence-electron chi connectivity index (χ1n) is 28.6. The third-order valence-electron chi connectivity index (χ3n) is 17.7. The summed E-state index contributed by atoms with van der Waals surface area (Å²) in [6, 6.07) is 98.9. The van der Waals surface area contributed by atoms with E-state index in [2.05, 4.69) is 311 Å². The van der Waals surface area contributed by atoms with E-state index in [0.29, 0.717) is 0 Å². The van der Waals surface area contributed by atoms with Crippen molar-refractivity contribution in [1.29, 1.82) is 0 Å². The van der Waals surface area contributed by atoms with E-state index < -0.39 is 0 Å². The number of allylic oxidation sites excluding steroid dienone is 2. The average molecular weight is 1060 g/mol. The predicted octanol–water partition coefficient (Wildman–Crippen LogP) is 21.7. The summed E-state index contributed by atoms with van der Waals surface area (Å²) in [5, 5.41) is 19.9. The highest BCUT2D eigenvalue weighted by Crippen LogP contribution is 2.45. The van der Waals surface area contributed by atoms with Gasteiger partial charge < -0.3 is 18.6 Å². The fraction of sp³-hybridized carbons (Fsp3) is 0.0127. The van der Waals surface area contributed by atoms with Crippen molar-refractivity contribution in [3.8, 4) is 17.1 Å². The molecule has 14 aromatic carbocycles. The van der Waals surface area contributed by atoms with Gasteiger partial charge >= 0.3 is 0 Å². The second-order valence-corrected chi connectivity index (χ2v) is 22.1. The molecule has 0 aliphatic heterocycles. The van der Waals surface area contributed by atoms with Crippen molar-refractivity contribution in [2.24, 2.45) is 0 Å². The number of aryl methyl sites for hydroxylation is 1. The minimum Gasteiger partial charge on any atom is -0.310 e. The molecule has 388 valence electrons. The zero-order chi connectivity index (χ0) is 54.9. The Hall–Kier alpha value is -10.9. The molecule has 17 aromatic rings. The van der Waals surface area contributed by atoms with Crippen LogP contribution in [0.1, 0.15) is 11.1 Å². The van der Waals surface area contributed by atoms with Crippen molar-refractivity contribution in [3.63, 3.8) is 0 Å². The third-order valence-corrected chi connectivity index (χ3v) is 17.7. The maximum absolute atomic E-state index is 4.05. The molecule has 0 spiro atoms. The van der Waals surface area contributed by atoms with Crippen molar-refractivity contribution in [3.05, 3.63) is 297 Å². The van der Waals surface area contributed by atoms with E-state index in [-0.39, 0.29) is 0 Å². The molecule has 3 aromatic heterocycles. The van der Waals surface area contributed by atoms with Gasteiger partial charge in [-0.1, -0.05) is 201 Å². The van der Waals surface area contributed by atoms with Gasteiger partial charge in [-0.05, 0) is 147 Å². The smallest absolute Gasteiger partial charge is 0.0619 e. The van der Waals surface area contributed by atoms with E-state index in [1.165, 1.54) is 130 Å². The lowest BCUT2D eigenvalue weighted by molar-refractivity contribution is 1.16. The zero-order valence-corrected chi connectivity index (χ0v) is 45.6. The molecule has 0 unspecified atom stereocenters. The lowest BCUT2D eigenvalue weighted by atomic mass is 10.0. The van der Waals surface area contributed by atoms with Gasteiger partial charge in [0.2, 0.25) is 0 Å². The van der Waals surface area contributed by atoms with E-state index in [4.69, 9.17) is 0 Å². The number of anilines is 3. The Kier molecular flexibility index (Phi) is 10.3. The Morgan fingerprint density at radius 1 is 0.301 bits per heavy atom. The first-order valence-corrected chi connectivity index (χ1v) is 28.6. The van der Waals surface area contributed by atoms with Gasteiger partial charge in [-0.25, -0.2) is 0 Å². The lowest BCUT2D eigenvalue weighted by Gasteiger charge is -2.26. The number of benzene rings is 14. The number of hydrogen-bond donors (Lipinski definition) is 0. The summed E-state index contributed by atoms with van der Waals surface area (Å²) in [5.74, 6) is 0. The van der Waals surface area contributed by atoms with Gasteiger partial charge in [0.1, 0.15) is 0 Å². The van der Waals surface area contributed by atoms with Crippen LogP contribution >= 0.6 is 0 Å². The Labute approximate surface area is 479 Å². The summed E-state index contributed by atoms with van der Waals surface area (Å²) in [6.45, 7) is 6.26. The molecular weight excluding hydrogens is 1000 g/mol. The second-order valence-electron chi connectivity index (χ2n) is 22.1. The van der Waals surface area contributed by atoms with Crippen LogP contribution in [0.5, 0.6) is 0 Å². The number of nitrogens with zero attached hydrogens (tertiary/aromatic N) is 4. The van der Waals surface area contributed by atoms with Gasteiger partial charge in [0.15, 0.2) is 0 Å². The van der Waals surface area contributed by atoms with E-state index in [1.54, 1.807) is 0 Å². The van der Waals surface area contributed by atoms with E-state index in [0.717, 1.165) is 34.1 Å². The molecule has 17 rings (SSSR count). The van der Waals surface area contributed by atoms with Gasteiger partial charge in [-0.15, -0.1) is 0 Å². The van der Waals surface area contributed by atoms with E-state index >= 15 is 0 Å². The van der Waals surface area contributed by atoms with Gasteiger partial charge in [0, 0.05) is 82.8 Å². The average Bonchev–Trinajstić information content (AvgIpc) is 1.94. The van der Waals surface area contributed by atoms with Crippen LogP contribution in [0, 0.1) is 6.92 Å². The van der Waals surface area contributed by atoms with Crippen molar-refractivity contribution in [2.75, 3.05) is 4.90 Å². The maximum Gasteiger partial charge on any atom is 0.0619 e. The molecule has 0 aliphatic carbocycles. The van der Waals surface area contributed by atoms with Crippen LogP contribution in [0.25, 0.3) is 142 Å². The van der Waals surface area contributed by atoms with Crippen LogP contribution < -0.4 is 4.90 Å². The summed E-state index contributed by atoms with van der Waals surface area (Å²) >= 11 is 0. The third kappa shape index (κ3) is 7.00. The van der Waals surface area contributed by atoms with Crippen LogP contribution in [0.2, 0.25) is 0 Å². The molecule has 0 atom stereocenters. The van der Waals surface area contributed by atoms with E-state index in [9.17, 15) is 0 Å². The molecule has 83 heavy (non-hydrogen) atoms. The summed E-state index contributed by atoms with van der Waals surface area (Å²) in [5.41, 5.74) is 16.0. The van der Waals surface area contributed by atoms with Crippen molar-refractivity contribution >= 4 is 142 Å². The summed E-state index contributed by atoms with van der Waals surface area (Å²) < 4.78 is 7.41. The Morgan fingerprint density at radius 3 is 1.00 bits per heavy atom. The van der Waals surface area contributed by atoms with Crippen LogP contribution in [0.15, 0.2) is 286 Å². The Balaban J connectivity index is 0.864. The molecule has 0 bridgehead atoms. The lowest BCUT2D eigenvalue weighted by Crippen LogP contribution is -2.10. The van der Waals surface area contributed by atoms with Crippen LogP contribution in [0.3, 0.4) is 0 Å². The first-order chi connectivity index (χ1) is 41.1. The Morgan fingerprint density at radius 2 is 0.614 bits per heavy atom. The highest BCUT2D eigenvalue weighted by atomic mass is 15.1. The van der Waals surface area contributed by atoms with Gasteiger partial charge in [0.25, 0.3) is 0 Å². The number of rotatable bonds is 8. The van der Waals surface area contributed by atoms with Crippen molar-refractivity contribution in [2.45, 2.75) is 6.92 Å². The van der Waals surface area contributed by atoms with E-state index in [1.807, 2.05) is 6.08 Å². The molecule has 0 fully saturated rings. The quantitative estimate of drug-likeness (QED) is 0.139. The maximum atomic E-state index is 4.05. The van der Waals surface area contributed by atoms with Crippen LogP contribution in [-0.4, -0.2) is 13.7 Å². The molecule has 3 heterocycles. The van der Waals surface area contributed by atoms with Crippen molar-refractivity contribution < 1.29 is 0 Å². The SMILES string of the molecule is C=C/C=C\c1c(C)ccc2c3c4ccccc4ccc3n(-c3ccc(N(c4ccc(-n5c6ccc7ccccc7c6c6ccc7ccccc7c65)cc4)c4ccc(-n5c6ccc7ccccc7c6c6ccc7ccccc7c65)cc4)cc3)c12. The fourth-order valence-corrected chi connectivity index (χ4v) is 14.0. The number of hydrogen-bond acceptors (Lipinski definition) is 1. The van der Waals surface area contributed by atoms with Crippen LogP contribution in [0.4, 0.5) is 17.1 Å². The molecule has 0 aliphatic rings. The summed E-state index contributed by atoms with van der Waals surface area (Å²) in [7, 11) is 0. The molecule has 4 nitrogen and oxygen atoms in total. The summed E-state index contributed by atoms with van der Waals surface area (Å²) in [6.07, 6.45) is 6.12. The van der Waals surface area contributed by atoms with Gasteiger partial charge in [-0.3, -0.25) is 0 Å². The molecule has 0 radical (unpaired) electrons. The highest BCUT2D eigenvalue weighted by molar-refractivity contribution is 6.28. The standard InChI is InChI=1S/C79H52N4/c1-3-4-20-62-50(2)26-44-68-74-63-21-10-5-15-51(63)29-47-71(74)81(77(62)68)59-38-32-56(33-39-59)80(57-34-40-60(41-35-57)82-72-48-30-52-16-6-11-22-64(52)75(72)69-45-27-54-18-8-13-24-66(54)78(69)82)58-36-42-61(43-37-58)83-73-49-31-53-17-7-12-23-65(53)76(73)70-46-28-55-19-9-14-25-67(55)79(70)83/h3-49H,1H2,2H3/b20-4-. The number of fused-ring (bicyclic) bond motifs is 19. The first kappa shape index (κ1) is 46.9. The molecule has 0 N–H and O–H groups in total. The van der Waals surface area contributed by atoms with Gasteiger partial charge in [0.05, 0.1) is 33.1 Å². The minimum atomic E-state index is 1.05. The Bertz CT molecular complexity index is 5340. The van der Waals surface area contributed by atoms with Crippen molar-refractivity contribution in [1.82, 2.24) is 13.7 Å². The monoisotopic (exact) mass is 1060 g/mol. The van der Waals surface area contributed by atoms with Gasteiger partial charge in [-0.2, -0.15) is 0 Å². The summed E-state index contributed by atoms with van der Waals surface area (Å²) in [4.78, 5) is 2.41. The van der Waals surface area contributed by atoms with Crippen LogP contribution in [-0.2, 0) is 0 Å². The highest BCUT2D eigenvalue weighted by Gasteiger charge is 2.23. The topological polar surface area (TPSA) is 18.0 Å². The number of aromatic nitrogens is 3. The fourth-order valence-electron chi connectivity index (χ4n) is 14.0. The molecule has 4 heteroatoms. The largest absolute Gasteiger partial charge is 0.310 e. The minimum absolute atomic E-state index is 1.05. The molecule has 0 amide bonds. The predicted molar refractivity (Wildman–Crippen MR) is 356 cm³/mol. The molecular formula is C79H52N4. The zero-order valence-electron chi connectivity index (χ0n) is 45.6. The normalized spacial score (nSPS) is 12.2. The molecule has 0 saturated heterocycles.